The predicted molar refractivity (Wildman–Crippen MR) is 93.6 cm³/mol. The average molecular weight is 327 g/mol. The van der Waals surface area contributed by atoms with Gasteiger partial charge < -0.3 is 0 Å². The maximum absolute atomic E-state index is 12.9. The number of rotatable bonds is 4. The van der Waals surface area contributed by atoms with E-state index < -0.39 is 10.0 Å². The van der Waals surface area contributed by atoms with Crippen molar-refractivity contribution in [3.05, 3.63) is 71.8 Å². The van der Waals surface area contributed by atoms with Gasteiger partial charge in [0, 0.05) is 12.6 Å². The lowest BCUT2D eigenvalue weighted by atomic mass is 10.1. The molecule has 0 amide bonds. The van der Waals surface area contributed by atoms with Gasteiger partial charge in [-0.15, -0.1) is 0 Å². The zero-order valence-corrected chi connectivity index (χ0v) is 14.0. The van der Waals surface area contributed by atoms with Gasteiger partial charge in [-0.05, 0) is 37.5 Å². The summed E-state index contributed by atoms with van der Waals surface area (Å²) >= 11 is 0. The van der Waals surface area contributed by atoms with E-state index in [9.17, 15) is 8.42 Å². The van der Waals surface area contributed by atoms with E-state index in [1.165, 1.54) is 0 Å². The average Bonchev–Trinajstić information content (AvgIpc) is 3.04. The molecular formula is C19H21NO2S. The first-order valence-electron chi connectivity index (χ1n) is 7.89. The molecule has 1 saturated heterocycles. The quantitative estimate of drug-likeness (QED) is 0.855. The third-order valence-corrected chi connectivity index (χ3v) is 6.12. The lowest BCUT2D eigenvalue weighted by molar-refractivity contribution is 0.433. The summed E-state index contributed by atoms with van der Waals surface area (Å²) in [6.07, 6.45) is 5.78. The molecule has 1 fully saturated rings. The lowest BCUT2D eigenvalue weighted by Gasteiger charge is -2.21. The van der Waals surface area contributed by atoms with E-state index in [4.69, 9.17) is 0 Å². The fourth-order valence-corrected chi connectivity index (χ4v) is 4.54. The molecule has 0 spiro atoms. The van der Waals surface area contributed by atoms with Crippen LogP contribution >= 0.6 is 0 Å². The minimum atomic E-state index is -3.43. The molecule has 2 aromatic carbocycles. The molecule has 0 unspecified atom stereocenters. The first kappa shape index (κ1) is 16.0. The molecule has 4 heteroatoms. The maximum atomic E-state index is 12.9. The van der Waals surface area contributed by atoms with Gasteiger partial charge in [0.05, 0.1) is 4.90 Å². The van der Waals surface area contributed by atoms with Crippen LogP contribution in [0.1, 0.15) is 24.0 Å². The summed E-state index contributed by atoms with van der Waals surface area (Å²) in [7, 11) is -3.43. The van der Waals surface area contributed by atoms with Gasteiger partial charge in [-0.25, -0.2) is 8.42 Å². The Hall–Kier alpha value is -1.91. The van der Waals surface area contributed by atoms with Crippen LogP contribution in [-0.4, -0.2) is 25.3 Å². The zero-order chi connectivity index (χ0) is 16.3. The summed E-state index contributed by atoms with van der Waals surface area (Å²) in [6, 6.07) is 17.0. The summed E-state index contributed by atoms with van der Waals surface area (Å²) in [6.45, 7) is 2.54. The molecule has 23 heavy (non-hydrogen) atoms. The largest absolute Gasteiger partial charge is 0.243 e. The number of nitrogens with zero attached hydrogens (tertiary/aromatic N) is 1. The van der Waals surface area contributed by atoms with Crippen molar-refractivity contribution in [2.75, 3.05) is 6.54 Å². The Labute approximate surface area is 138 Å². The third-order valence-electron chi connectivity index (χ3n) is 4.19. The van der Waals surface area contributed by atoms with Crippen LogP contribution in [0.3, 0.4) is 0 Å². The van der Waals surface area contributed by atoms with Crippen LogP contribution in [0.5, 0.6) is 0 Å². The Kier molecular flexibility index (Phi) is 4.64. The first-order chi connectivity index (χ1) is 11.1. The molecule has 1 aliphatic heterocycles. The molecule has 3 nitrogen and oxygen atoms in total. The second-order valence-electron chi connectivity index (χ2n) is 5.91. The first-order valence-corrected chi connectivity index (χ1v) is 9.33. The number of hydrogen-bond donors (Lipinski definition) is 0. The van der Waals surface area contributed by atoms with E-state index in [2.05, 4.69) is 0 Å². The molecular weight excluding hydrogens is 306 g/mol. The monoisotopic (exact) mass is 327 g/mol. The van der Waals surface area contributed by atoms with Crippen molar-refractivity contribution in [1.29, 1.82) is 0 Å². The van der Waals surface area contributed by atoms with E-state index in [0.717, 1.165) is 24.0 Å². The summed E-state index contributed by atoms with van der Waals surface area (Å²) in [5, 5.41) is 0. The molecule has 0 aliphatic carbocycles. The van der Waals surface area contributed by atoms with Crippen LogP contribution < -0.4 is 0 Å². The molecule has 1 atom stereocenters. The fourth-order valence-electron chi connectivity index (χ4n) is 2.89. The van der Waals surface area contributed by atoms with Crippen LogP contribution in [0.25, 0.3) is 6.08 Å². The topological polar surface area (TPSA) is 37.4 Å². The number of benzene rings is 2. The molecule has 0 radical (unpaired) electrons. The molecule has 2 aromatic rings. The molecule has 0 bridgehead atoms. The van der Waals surface area contributed by atoms with Gasteiger partial charge in [-0.3, -0.25) is 0 Å². The van der Waals surface area contributed by atoms with Crippen molar-refractivity contribution in [3.8, 4) is 0 Å². The summed E-state index contributed by atoms with van der Waals surface area (Å²) in [5.41, 5.74) is 2.15. The fraction of sp³-hybridized carbons (Fsp3) is 0.263. The van der Waals surface area contributed by atoms with Gasteiger partial charge in [0.25, 0.3) is 0 Å². The highest BCUT2D eigenvalue weighted by molar-refractivity contribution is 7.89. The Bertz CT molecular complexity index is 780. The van der Waals surface area contributed by atoms with E-state index >= 15 is 0 Å². The van der Waals surface area contributed by atoms with Crippen molar-refractivity contribution < 1.29 is 8.42 Å². The van der Waals surface area contributed by atoms with E-state index in [-0.39, 0.29) is 6.04 Å². The second-order valence-corrected chi connectivity index (χ2v) is 7.80. The van der Waals surface area contributed by atoms with E-state index in [1.807, 2.05) is 61.5 Å². The zero-order valence-electron chi connectivity index (χ0n) is 13.2. The molecule has 1 aliphatic rings. The highest BCUT2D eigenvalue weighted by atomic mass is 32.2. The third kappa shape index (κ3) is 3.54. The van der Waals surface area contributed by atoms with Gasteiger partial charge in [0.1, 0.15) is 0 Å². The number of sulfonamides is 1. The van der Waals surface area contributed by atoms with Crippen molar-refractivity contribution in [3.63, 3.8) is 0 Å². The van der Waals surface area contributed by atoms with Crippen molar-refractivity contribution in [2.45, 2.75) is 30.7 Å². The summed E-state index contributed by atoms with van der Waals surface area (Å²) in [5.74, 6) is 0. The van der Waals surface area contributed by atoms with Crippen LogP contribution in [0.15, 0.2) is 65.6 Å². The normalized spacial score (nSPS) is 19.4. The van der Waals surface area contributed by atoms with Gasteiger partial charge in [0.2, 0.25) is 10.0 Å². The highest BCUT2D eigenvalue weighted by Gasteiger charge is 2.33. The van der Waals surface area contributed by atoms with Crippen molar-refractivity contribution in [1.82, 2.24) is 4.31 Å². The molecule has 3 rings (SSSR count). The van der Waals surface area contributed by atoms with Gasteiger partial charge >= 0.3 is 0 Å². The molecule has 0 saturated carbocycles. The van der Waals surface area contributed by atoms with E-state index in [0.29, 0.717) is 11.4 Å². The van der Waals surface area contributed by atoms with Gasteiger partial charge in [-0.1, -0.05) is 60.2 Å². The minimum absolute atomic E-state index is 0.0680. The SMILES string of the molecule is Cc1ccc(S(=O)(=O)N2CCC[C@@H]2/C=C/c2ccccc2)cc1. The summed E-state index contributed by atoms with van der Waals surface area (Å²) in [4.78, 5) is 0.378. The van der Waals surface area contributed by atoms with Crippen molar-refractivity contribution in [2.24, 2.45) is 0 Å². The highest BCUT2D eigenvalue weighted by Crippen LogP contribution is 2.27. The lowest BCUT2D eigenvalue weighted by Crippen LogP contribution is -2.34. The minimum Gasteiger partial charge on any atom is -0.207 e. The Morgan fingerprint density at radius 2 is 1.74 bits per heavy atom. The number of hydrogen-bond acceptors (Lipinski definition) is 2. The van der Waals surface area contributed by atoms with Crippen molar-refractivity contribution >= 4 is 16.1 Å². The second kappa shape index (κ2) is 6.69. The summed E-state index contributed by atoms with van der Waals surface area (Å²) < 4.78 is 27.3. The molecule has 120 valence electrons. The standard InChI is InChI=1S/C19H21NO2S/c1-16-9-13-19(14-10-16)23(21,22)20-15-5-8-18(20)12-11-17-6-3-2-4-7-17/h2-4,6-7,9-14,18H,5,8,15H2,1H3/b12-11+/t18-/m1/s1. The Balaban J connectivity index is 1.83. The van der Waals surface area contributed by atoms with Crippen LogP contribution in [0.4, 0.5) is 0 Å². The van der Waals surface area contributed by atoms with Crippen LogP contribution in [0.2, 0.25) is 0 Å². The smallest absolute Gasteiger partial charge is 0.207 e. The predicted octanol–water partition coefficient (Wildman–Crippen LogP) is 3.86. The van der Waals surface area contributed by atoms with Gasteiger partial charge in [-0.2, -0.15) is 4.31 Å². The molecule has 0 N–H and O–H groups in total. The van der Waals surface area contributed by atoms with E-state index in [1.54, 1.807) is 16.4 Å². The number of aryl methyl sites for hydroxylation is 1. The van der Waals surface area contributed by atoms with Gasteiger partial charge in [0.15, 0.2) is 0 Å². The molecule has 1 heterocycles. The molecule has 0 aromatic heterocycles. The Morgan fingerprint density at radius 3 is 2.43 bits per heavy atom. The Morgan fingerprint density at radius 1 is 1.04 bits per heavy atom. The maximum Gasteiger partial charge on any atom is 0.243 e. The van der Waals surface area contributed by atoms with Crippen LogP contribution in [-0.2, 0) is 10.0 Å². The van der Waals surface area contributed by atoms with Crippen LogP contribution in [0, 0.1) is 6.92 Å².